The summed E-state index contributed by atoms with van der Waals surface area (Å²) in [6.07, 6.45) is 3.25. The Balaban J connectivity index is 1.85. The number of hydrogen-bond donors (Lipinski definition) is 1. The van der Waals surface area contributed by atoms with Gasteiger partial charge >= 0.3 is 0 Å². The van der Waals surface area contributed by atoms with E-state index in [0.29, 0.717) is 17.8 Å². The minimum Gasteiger partial charge on any atom is -0.351 e. The smallest absolute Gasteiger partial charge is 0.293 e. The SMILES string of the molecule is Cc1cc(C(=O)N2C3CCNCC2CC3)on1. The number of fused-ring (bicyclic) bond motifs is 2. The number of hydrogen-bond acceptors (Lipinski definition) is 4. The second-order valence-corrected chi connectivity index (χ2v) is 4.92. The van der Waals surface area contributed by atoms with Crippen molar-refractivity contribution in [2.45, 2.75) is 38.3 Å². The van der Waals surface area contributed by atoms with Crippen molar-refractivity contribution in [3.05, 3.63) is 17.5 Å². The molecule has 2 bridgehead atoms. The lowest BCUT2D eigenvalue weighted by Gasteiger charge is -2.26. The van der Waals surface area contributed by atoms with E-state index < -0.39 is 0 Å². The van der Waals surface area contributed by atoms with Crippen LogP contribution in [0.4, 0.5) is 0 Å². The molecule has 2 unspecified atom stereocenters. The molecule has 2 aliphatic heterocycles. The lowest BCUT2D eigenvalue weighted by Crippen LogP contribution is -2.42. The van der Waals surface area contributed by atoms with E-state index in [9.17, 15) is 4.79 Å². The predicted molar refractivity (Wildman–Crippen MR) is 61.7 cm³/mol. The highest BCUT2D eigenvalue weighted by atomic mass is 16.5. The molecule has 5 heteroatoms. The molecule has 0 aliphatic carbocycles. The fourth-order valence-corrected chi connectivity index (χ4v) is 2.91. The Hall–Kier alpha value is -1.36. The van der Waals surface area contributed by atoms with Gasteiger partial charge in [0.2, 0.25) is 5.76 Å². The lowest BCUT2D eigenvalue weighted by molar-refractivity contribution is 0.0637. The van der Waals surface area contributed by atoms with Crippen LogP contribution in [-0.4, -0.2) is 41.1 Å². The van der Waals surface area contributed by atoms with Gasteiger partial charge in [0.05, 0.1) is 5.69 Å². The van der Waals surface area contributed by atoms with Crippen LogP contribution >= 0.6 is 0 Å². The monoisotopic (exact) mass is 235 g/mol. The molecule has 0 radical (unpaired) electrons. The van der Waals surface area contributed by atoms with Crippen molar-refractivity contribution in [2.24, 2.45) is 0 Å². The Morgan fingerprint density at radius 1 is 1.47 bits per heavy atom. The molecule has 2 aliphatic rings. The third kappa shape index (κ3) is 1.84. The first-order valence-corrected chi connectivity index (χ1v) is 6.22. The Labute approximate surface area is 100 Å². The summed E-state index contributed by atoms with van der Waals surface area (Å²) in [4.78, 5) is 14.4. The fourth-order valence-electron chi connectivity index (χ4n) is 2.91. The number of rotatable bonds is 1. The molecule has 92 valence electrons. The van der Waals surface area contributed by atoms with E-state index in [0.717, 1.165) is 38.0 Å². The topological polar surface area (TPSA) is 58.4 Å². The average molecular weight is 235 g/mol. The minimum atomic E-state index is 0.00167. The predicted octanol–water partition coefficient (Wildman–Crippen LogP) is 0.950. The standard InChI is InChI=1S/C12H17N3O2/c1-8-6-11(17-14-8)12(16)15-9-2-3-10(15)7-13-5-4-9/h6,9-10,13H,2-5,7H2,1H3. The van der Waals surface area contributed by atoms with Crippen LogP contribution in [0.5, 0.6) is 0 Å². The third-order valence-electron chi connectivity index (χ3n) is 3.73. The third-order valence-corrected chi connectivity index (χ3v) is 3.73. The van der Waals surface area contributed by atoms with Crippen LogP contribution in [0.1, 0.15) is 35.5 Å². The molecule has 2 saturated heterocycles. The van der Waals surface area contributed by atoms with E-state index in [-0.39, 0.29) is 5.91 Å². The van der Waals surface area contributed by atoms with Crippen LogP contribution in [0.25, 0.3) is 0 Å². The van der Waals surface area contributed by atoms with Gasteiger partial charge in [-0.1, -0.05) is 5.16 Å². The molecule has 0 saturated carbocycles. The molecule has 1 amide bonds. The molecule has 2 fully saturated rings. The molecule has 5 nitrogen and oxygen atoms in total. The summed E-state index contributed by atoms with van der Waals surface area (Å²) in [5.41, 5.74) is 0.758. The first-order valence-electron chi connectivity index (χ1n) is 6.22. The van der Waals surface area contributed by atoms with Crippen molar-refractivity contribution < 1.29 is 9.32 Å². The number of nitrogens with zero attached hydrogens (tertiary/aromatic N) is 2. The van der Waals surface area contributed by atoms with Crippen molar-refractivity contribution in [3.63, 3.8) is 0 Å². The van der Waals surface area contributed by atoms with Crippen LogP contribution in [0.3, 0.4) is 0 Å². The summed E-state index contributed by atoms with van der Waals surface area (Å²) in [6, 6.07) is 2.41. The van der Waals surface area contributed by atoms with Crippen LogP contribution < -0.4 is 5.32 Å². The summed E-state index contributed by atoms with van der Waals surface area (Å²) in [7, 11) is 0. The molecule has 0 aromatic carbocycles. The average Bonchev–Trinajstić information content (AvgIpc) is 2.81. The van der Waals surface area contributed by atoms with Gasteiger partial charge in [0.1, 0.15) is 0 Å². The second kappa shape index (κ2) is 4.14. The molecule has 3 rings (SSSR count). The Kier molecular flexibility index (Phi) is 2.63. The Bertz CT molecular complexity index is 415. The van der Waals surface area contributed by atoms with Gasteiger partial charge in [0.25, 0.3) is 5.91 Å². The maximum Gasteiger partial charge on any atom is 0.293 e. The maximum absolute atomic E-state index is 12.4. The van der Waals surface area contributed by atoms with E-state index in [1.165, 1.54) is 0 Å². The Morgan fingerprint density at radius 3 is 3.06 bits per heavy atom. The van der Waals surface area contributed by atoms with Gasteiger partial charge in [0.15, 0.2) is 0 Å². The van der Waals surface area contributed by atoms with Crippen molar-refractivity contribution in [1.82, 2.24) is 15.4 Å². The zero-order chi connectivity index (χ0) is 11.8. The maximum atomic E-state index is 12.4. The molecule has 3 heterocycles. The summed E-state index contributed by atoms with van der Waals surface area (Å²) >= 11 is 0. The normalized spacial score (nSPS) is 28.2. The van der Waals surface area contributed by atoms with Crippen molar-refractivity contribution in [3.8, 4) is 0 Å². The van der Waals surface area contributed by atoms with Crippen molar-refractivity contribution >= 4 is 5.91 Å². The van der Waals surface area contributed by atoms with Gasteiger partial charge < -0.3 is 14.7 Å². The zero-order valence-electron chi connectivity index (χ0n) is 9.98. The Morgan fingerprint density at radius 2 is 2.29 bits per heavy atom. The van der Waals surface area contributed by atoms with Crippen LogP contribution in [0.2, 0.25) is 0 Å². The number of amides is 1. The molecule has 1 aromatic rings. The molecular weight excluding hydrogens is 218 g/mol. The van der Waals surface area contributed by atoms with Crippen LogP contribution in [0, 0.1) is 6.92 Å². The first kappa shape index (κ1) is 10.8. The van der Waals surface area contributed by atoms with Gasteiger partial charge in [-0.05, 0) is 32.7 Å². The largest absolute Gasteiger partial charge is 0.351 e. The zero-order valence-corrected chi connectivity index (χ0v) is 9.98. The summed E-state index contributed by atoms with van der Waals surface area (Å²) < 4.78 is 5.08. The first-order chi connectivity index (χ1) is 8.25. The van der Waals surface area contributed by atoms with E-state index in [2.05, 4.69) is 10.5 Å². The van der Waals surface area contributed by atoms with Crippen molar-refractivity contribution in [2.75, 3.05) is 13.1 Å². The highest BCUT2D eigenvalue weighted by Gasteiger charge is 2.39. The number of aryl methyl sites for hydroxylation is 1. The van der Waals surface area contributed by atoms with Gasteiger partial charge in [0, 0.05) is 24.7 Å². The second-order valence-electron chi connectivity index (χ2n) is 4.92. The molecule has 0 spiro atoms. The number of nitrogens with one attached hydrogen (secondary N) is 1. The van der Waals surface area contributed by atoms with Crippen LogP contribution in [-0.2, 0) is 0 Å². The van der Waals surface area contributed by atoms with Crippen molar-refractivity contribution in [1.29, 1.82) is 0 Å². The van der Waals surface area contributed by atoms with E-state index in [4.69, 9.17) is 4.52 Å². The van der Waals surface area contributed by atoms with Crippen LogP contribution in [0.15, 0.2) is 10.6 Å². The minimum absolute atomic E-state index is 0.00167. The number of carbonyl (C=O) groups excluding carboxylic acids is 1. The number of aromatic nitrogens is 1. The molecule has 1 N–H and O–H groups in total. The number of carbonyl (C=O) groups is 1. The summed E-state index contributed by atoms with van der Waals surface area (Å²) in [5.74, 6) is 0.378. The van der Waals surface area contributed by atoms with Gasteiger partial charge in [-0.15, -0.1) is 0 Å². The highest BCUT2D eigenvalue weighted by molar-refractivity contribution is 5.92. The molecule has 1 aromatic heterocycles. The molecular formula is C12H17N3O2. The molecule has 17 heavy (non-hydrogen) atoms. The quantitative estimate of drug-likeness (QED) is 0.787. The fraction of sp³-hybridized carbons (Fsp3) is 0.667. The highest BCUT2D eigenvalue weighted by Crippen LogP contribution is 2.29. The lowest BCUT2D eigenvalue weighted by atomic mass is 10.1. The van der Waals surface area contributed by atoms with Gasteiger partial charge in [-0.3, -0.25) is 4.79 Å². The van der Waals surface area contributed by atoms with Gasteiger partial charge in [-0.25, -0.2) is 0 Å². The molecule has 2 atom stereocenters. The summed E-state index contributed by atoms with van der Waals surface area (Å²) in [5, 5.41) is 7.17. The van der Waals surface area contributed by atoms with E-state index in [1.54, 1.807) is 6.07 Å². The van der Waals surface area contributed by atoms with E-state index >= 15 is 0 Å². The van der Waals surface area contributed by atoms with E-state index in [1.807, 2.05) is 11.8 Å². The van der Waals surface area contributed by atoms with Gasteiger partial charge in [-0.2, -0.15) is 0 Å². The summed E-state index contributed by atoms with van der Waals surface area (Å²) in [6.45, 7) is 3.73.